The lowest BCUT2D eigenvalue weighted by atomic mass is 10.2. The minimum absolute atomic E-state index is 0.106. The van der Waals surface area contributed by atoms with Crippen molar-refractivity contribution in [2.24, 2.45) is 0 Å². The van der Waals surface area contributed by atoms with Crippen molar-refractivity contribution in [3.05, 3.63) is 48.3 Å². The van der Waals surface area contributed by atoms with E-state index in [1.54, 1.807) is 30.5 Å². The Kier molecular flexibility index (Phi) is 11.9. The normalized spacial score (nSPS) is 14.7. The van der Waals surface area contributed by atoms with E-state index in [1.165, 1.54) is 0 Å². The third-order valence-electron chi connectivity index (χ3n) is 6.87. The molecule has 3 aromatic rings. The number of carbonyl (C=O) groups excluding carboxylic acids is 2. The maximum atomic E-state index is 12.8. The van der Waals surface area contributed by atoms with Crippen molar-refractivity contribution in [1.29, 1.82) is 0 Å². The minimum Gasteiger partial charge on any atom is -0.385 e. The highest BCUT2D eigenvalue weighted by Crippen LogP contribution is 2.21. The third kappa shape index (κ3) is 9.52. The van der Waals surface area contributed by atoms with Crippen molar-refractivity contribution in [3.8, 4) is 11.8 Å². The molecule has 3 heterocycles. The number of H-pyrrole nitrogens is 1. The summed E-state index contributed by atoms with van der Waals surface area (Å²) >= 11 is 0. The summed E-state index contributed by atoms with van der Waals surface area (Å²) in [5.41, 5.74) is 2.45. The summed E-state index contributed by atoms with van der Waals surface area (Å²) in [7, 11) is 5.56. The van der Waals surface area contributed by atoms with Crippen LogP contribution in [-0.4, -0.2) is 102 Å². The lowest BCUT2D eigenvalue weighted by Crippen LogP contribution is -2.45. The van der Waals surface area contributed by atoms with E-state index in [2.05, 4.69) is 48.0 Å². The smallest absolute Gasteiger partial charge is 0.246 e. The number of benzene rings is 1. The number of unbranched alkanes of at least 4 members (excludes halogenated alkanes) is 1. The molecule has 0 spiro atoms. The van der Waals surface area contributed by atoms with E-state index in [1.807, 2.05) is 43.3 Å². The summed E-state index contributed by atoms with van der Waals surface area (Å²) in [6, 6.07) is 5.46. The number of hydrogen-bond donors (Lipinski definition) is 4. The van der Waals surface area contributed by atoms with Gasteiger partial charge in [0.15, 0.2) is 0 Å². The van der Waals surface area contributed by atoms with Crippen LogP contribution in [0.25, 0.3) is 10.9 Å². The molecule has 1 saturated heterocycles. The second-order valence-corrected chi connectivity index (χ2v) is 10.6. The maximum absolute atomic E-state index is 12.8. The predicted octanol–water partition coefficient (Wildman–Crippen LogP) is 2.90. The number of amides is 2. The van der Waals surface area contributed by atoms with Gasteiger partial charge in [-0.05, 0) is 58.0 Å². The van der Waals surface area contributed by atoms with Gasteiger partial charge in [0.2, 0.25) is 17.8 Å². The number of methoxy groups -OCH3 is 1. The van der Waals surface area contributed by atoms with Gasteiger partial charge in [0.25, 0.3) is 0 Å². The zero-order valence-electron chi connectivity index (χ0n) is 25.2. The summed E-state index contributed by atoms with van der Waals surface area (Å²) in [4.78, 5) is 38.1. The van der Waals surface area contributed by atoms with Crippen molar-refractivity contribution >= 4 is 40.2 Å². The first-order valence-electron chi connectivity index (χ1n) is 14.6. The molecule has 1 aliphatic rings. The Morgan fingerprint density at radius 3 is 2.95 bits per heavy atom. The largest absolute Gasteiger partial charge is 0.385 e. The van der Waals surface area contributed by atoms with Crippen LogP contribution in [0.2, 0.25) is 0 Å². The molecule has 1 atom stereocenters. The SMILES string of the molecule is COCCCNc1nc(Nc2ccc3cn[nH]c3c2)ncc1C#CCCCNC(=O)[C@@H]1CCCN1C(=O)C=CCN(C)C. The lowest BCUT2D eigenvalue weighted by Gasteiger charge is -2.22. The van der Waals surface area contributed by atoms with E-state index in [0.717, 1.165) is 29.4 Å². The molecule has 1 fully saturated rings. The highest BCUT2D eigenvalue weighted by atomic mass is 16.5. The fourth-order valence-electron chi connectivity index (χ4n) is 4.66. The second-order valence-electron chi connectivity index (χ2n) is 10.6. The topological polar surface area (TPSA) is 140 Å². The fourth-order valence-corrected chi connectivity index (χ4v) is 4.66. The van der Waals surface area contributed by atoms with E-state index in [4.69, 9.17) is 4.74 Å². The van der Waals surface area contributed by atoms with Gasteiger partial charge in [-0.3, -0.25) is 14.7 Å². The number of fused-ring (bicyclic) bond motifs is 1. The first kappa shape index (κ1) is 31.5. The molecule has 43 heavy (non-hydrogen) atoms. The Balaban J connectivity index is 1.29. The van der Waals surface area contributed by atoms with Gasteiger partial charge in [-0.15, -0.1) is 0 Å². The highest BCUT2D eigenvalue weighted by molar-refractivity contribution is 5.93. The van der Waals surface area contributed by atoms with E-state index >= 15 is 0 Å². The molecule has 4 N–H and O–H groups in total. The second kappa shape index (κ2) is 16.2. The van der Waals surface area contributed by atoms with Crippen molar-refractivity contribution in [1.82, 2.24) is 35.3 Å². The number of nitrogens with zero attached hydrogens (tertiary/aromatic N) is 5. The average molecular weight is 588 g/mol. The van der Waals surface area contributed by atoms with Gasteiger partial charge in [0, 0.05) is 63.5 Å². The number of ether oxygens (including phenoxy) is 1. The Bertz CT molecular complexity index is 1460. The van der Waals surface area contributed by atoms with Crippen LogP contribution >= 0.6 is 0 Å². The quantitative estimate of drug-likeness (QED) is 0.127. The molecule has 1 aliphatic heterocycles. The molecule has 1 aromatic carbocycles. The molecule has 0 saturated carbocycles. The standard InChI is InChI=1S/C31H41N9O3/c1-39(2)17-8-12-28(41)40-18-7-11-27(40)30(42)33-15-6-4-5-10-24-21-34-31(37-29(24)32-16-9-19-43-3)36-25-14-13-23-22-35-38-26(23)20-25/h8,12-14,20-22,27H,4,6-7,9,11,15-19H2,1-3H3,(H,33,42)(H,35,38)(H2,32,34,36,37)/t27-/m0/s1. The number of likely N-dealkylation sites (tertiary alicyclic amines) is 1. The van der Waals surface area contributed by atoms with Crippen molar-refractivity contribution in [3.63, 3.8) is 0 Å². The van der Waals surface area contributed by atoms with Gasteiger partial charge < -0.3 is 30.5 Å². The number of hydrogen-bond acceptors (Lipinski definition) is 9. The van der Waals surface area contributed by atoms with E-state index < -0.39 is 6.04 Å². The number of aromatic amines is 1. The molecule has 4 rings (SSSR count). The molecule has 12 nitrogen and oxygen atoms in total. The summed E-state index contributed by atoms with van der Waals surface area (Å²) in [6.45, 7) is 3.09. The van der Waals surface area contributed by atoms with Gasteiger partial charge in [0.1, 0.15) is 11.9 Å². The first-order chi connectivity index (χ1) is 20.9. The van der Waals surface area contributed by atoms with Crippen LogP contribution in [0.15, 0.2) is 42.7 Å². The Morgan fingerprint density at radius 1 is 1.23 bits per heavy atom. The molecular weight excluding hydrogens is 546 g/mol. The Hall–Kier alpha value is -4.47. The zero-order chi connectivity index (χ0) is 30.4. The van der Waals surface area contributed by atoms with Crippen LogP contribution in [0.1, 0.15) is 37.7 Å². The highest BCUT2D eigenvalue weighted by Gasteiger charge is 2.32. The van der Waals surface area contributed by atoms with Crippen LogP contribution in [0.5, 0.6) is 0 Å². The molecular formula is C31H41N9O3. The summed E-state index contributed by atoms with van der Waals surface area (Å²) < 4.78 is 5.16. The predicted molar refractivity (Wildman–Crippen MR) is 168 cm³/mol. The third-order valence-corrected chi connectivity index (χ3v) is 6.87. The molecule has 0 aliphatic carbocycles. The number of aromatic nitrogens is 4. The van der Waals surface area contributed by atoms with Crippen molar-refractivity contribution < 1.29 is 14.3 Å². The molecule has 0 unspecified atom stereocenters. The number of likely N-dealkylation sites (N-methyl/N-ethyl adjacent to an activating group) is 1. The van der Waals surface area contributed by atoms with Crippen LogP contribution in [0, 0.1) is 11.8 Å². The van der Waals surface area contributed by atoms with Gasteiger partial charge >= 0.3 is 0 Å². The number of anilines is 3. The Labute approximate surface area is 252 Å². The summed E-state index contributed by atoms with van der Waals surface area (Å²) in [5, 5.41) is 17.6. The molecule has 2 amide bonds. The van der Waals surface area contributed by atoms with E-state index in [-0.39, 0.29) is 11.8 Å². The van der Waals surface area contributed by atoms with Crippen molar-refractivity contribution in [2.75, 3.05) is 64.6 Å². The summed E-state index contributed by atoms with van der Waals surface area (Å²) in [6.07, 6.45) is 10.5. The molecule has 2 aromatic heterocycles. The lowest BCUT2D eigenvalue weighted by molar-refractivity contribution is -0.135. The van der Waals surface area contributed by atoms with Gasteiger partial charge in [-0.2, -0.15) is 10.1 Å². The van der Waals surface area contributed by atoms with Crippen molar-refractivity contribution in [2.45, 2.75) is 38.1 Å². The zero-order valence-corrected chi connectivity index (χ0v) is 25.2. The molecule has 0 bridgehead atoms. The van der Waals surface area contributed by atoms with Gasteiger partial charge in [-0.1, -0.05) is 17.9 Å². The van der Waals surface area contributed by atoms with E-state index in [9.17, 15) is 9.59 Å². The molecule has 228 valence electrons. The van der Waals surface area contributed by atoms with Crippen LogP contribution in [-0.2, 0) is 14.3 Å². The minimum atomic E-state index is -0.417. The number of rotatable bonds is 14. The molecule has 12 heteroatoms. The monoisotopic (exact) mass is 587 g/mol. The van der Waals surface area contributed by atoms with Crippen LogP contribution in [0.4, 0.5) is 17.5 Å². The van der Waals surface area contributed by atoms with E-state index in [0.29, 0.717) is 69.4 Å². The fraction of sp³-hybridized carbons (Fsp3) is 0.452. The van der Waals surface area contributed by atoms with Gasteiger partial charge in [0.05, 0.1) is 23.5 Å². The maximum Gasteiger partial charge on any atom is 0.246 e. The number of nitrogens with one attached hydrogen (secondary N) is 4. The van der Waals surface area contributed by atoms with Crippen LogP contribution < -0.4 is 16.0 Å². The Morgan fingerprint density at radius 2 is 2.12 bits per heavy atom. The summed E-state index contributed by atoms with van der Waals surface area (Å²) in [5.74, 6) is 7.23. The number of carbonyl (C=O) groups is 2. The van der Waals surface area contributed by atoms with Gasteiger partial charge in [-0.25, -0.2) is 4.98 Å². The average Bonchev–Trinajstić information content (AvgIpc) is 3.67. The van der Waals surface area contributed by atoms with Crippen LogP contribution in [0.3, 0.4) is 0 Å². The first-order valence-corrected chi connectivity index (χ1v) is 14.6. The molecule has 0 radical (unpaired) electrons.